The molecule has 0 saturated heterocycles. The standard InChI is InChI=1S/C30H54N2O2/c1-5-7-9-11-13-15-17-19-25-29(33)31(3)27-23-21-22-24-28(27)32(4)30(34)26-20-18-16-14-12-10-8-6-2/h5-6,27-28H,1-2,7-26H2,3-4H3. The van der Waals surface area contributed by atoms with E-state index in [1.807, 2.05) is 36.0 Å². The van der Waals surface area contributed by atoms with Crippen LogP contribution in [0, 0.1) is 0 Å². The molecule has 0 aromatic carbocycles. The van der Waals surface area contributed by atoms with Crippen molar-refractivity contribution in [1.82, 2.24) is 9.80 Å². The van der Waals surface area contributed by atoms with Crippen molar-refractivity contribution < 1.29 is 9.59 Å². The van der Waals surface area contributed by atoms with Gasteiger partial charge >= 0.3 is 0 Å². The van der Waals surface area contributed by atoms with Crippen molar-refractivity contribution in [3.05, 3.63) is 25.3 Å². The first-order chi connectivity index (χ1) is 16.5. The molecule has 0 N–H and O–H groups in total. The Morgan fingerprint density at radius 2 is 0.941 bits per heavy atom. The molecule has 0 spiro atoms. The molecule has 0 aromatic heterocycles. The molecule has 4 heteroatoms. The average Bonchev–Trinajstić information content (AvgIpc) is 2.86. The van der Waals surface area contributed by atoms with Gasteiger partial charge in [-0.1, -0.05) is 76.4 Å². The summed E-state index contributed by atoms with van der Waals surface area (Å²) in [5.74, 6) is 0.502. The molecule has 0 bridgehead atoms. The first-order valence-corrected chi connectivity index (χ1v) is 14.3. The molecule has 1 aliphatic carbocycles. The number of nitrogens with zero attached hydrogens (tertiary/aromatic N) is 2. The molecule has 34 heavy (non-hydrogen) atoms. The van der Waals surface area contributed by atoms with E-state index in [2.05, 4.69) is 13.2 Å². The quantitative estimate of drug-likeness (QED) is 0.133. The van der Waals surface area contributed by atoms with Crippen LogP contribution in [0.25, 0.3) is 0 Å². The molecule has 0 radical (unpaired) electrons. The molecule has 0 aromatic rings. The fourth-order valence-corrected chi connectivity index (χ4v) is 5.26. The van der Waals surface area contributed by atoms with Crippen LogP contribution in [0.5, 0.6) is 0 Å². The third-order valence-electron chi connectivity index (χ3n) is 7.57. The second kappa shape index (κ2) is 19.7. The molecular weight excluding hydrogens is 420 g/mol. The highest BCUT2D eigenvalue weighted by Crippen LogP contribution is 2.27. The van der Waals surface area contributed by atoms with Gasteiger partial charge in [0.25, 0.3) is 0 Å². The molecule has 1 aliphatic rings. The highest BCUT2D eigenvalue weighted by molar-refractivity contribution is 5.77. The Balaban J connectivity index is 2.34. The van der Waals surface area contributed by atoms with E-state index < -0.39 is 0 Å². The van der Waals surface area contributed by atoms with Gasteiger partial charge in [-0.25, -0.2) is 0 Å². The SMILES string of the molecule is C=CCCCCCCCCC(=O)N(C)C1CCCCC1N(C)C(=O)CCCCCCCCC=C. The Hall–Kier alpha value is -1.58. The van der Waals surface area contributed by atoms with Crippen molar-refractivity contribution in [2.75, 3.05) is 14.1 Å². The maximum Gasteiger partial charge on any atom is 0.222 e. The van der Waals surface area contributed by atoms with E-state index in [9.17, 15) is 9.59 Å². The number of likely N-dealkylation sites (N-methyl/N-ethyl adjacent to an activating group) is 2. The largest absolute Gasteiger partial charge is 0.341 e. The predicted octanol–water partition coefficient (Wildman–Crippen LogP) is 7.83. The second-order valence-corrected chi connectivity index (χ2v) is 10.3. The number of carbonyl (C=O) groups excluding carboxylic acids is 2. The monoisotopic (exact) mass is 474 g/mol. The molecule has 1 rings (SSSR count). The molecule has 1 saturated carbocycles. The Morgan fingerprint density at radius 1 is 0.618 bits per heavy atom. The molecule has 2 atom stereocenters. The topological polar surface area (TPSA) is 40.6 Å². The van der Waals surface area contributed by atoms with Crippen molar-refractivity contribution in [3.8, 4) is 0 Å². The third kappa shape index (κ3) is 12.8. The minimum atomic E-state index is 0.166. The highest BCUT2D eigenvalue weighted by atomic mass is 16.2. The van der Waals surface area contributed by atoms with Crippen molar-refractivity contribution in [2.24, 2.45) is 0 Å². The van der Waals surface area contributed by atoms with Crippen LogP contribution in [0.2, 0.25) is 0 Å². The van der Waals surface area contributed by atoms with Gasteiger partial charge < -0.3 is 9.80 Å². The Labute approximate surface area is 211 Å². The fourth-order valence-electron chi connectivity index (χ4n) is 5.26. The first kappa shape index (κ1) is 30.5. The zero-order valence-corrected chi connectivity index (χ0v) is 22.6. The summed E-state index contributed by atoms with van der Waals surface area (Å²) in [6.45, 7) is 7.54. The molecule has 1 fully saturated rings. The van der Waals surface area contributed by atoms with E-state index in [1.165, 1.54) is 51.4 Å². The van der Waals surface area contributed by atoms with E-state index in [1.54, 1.807) is 0 Å². The van der Waals surface area contributed by atoms with Crippen LogP contribution in [0.15, 0.2) is 25.3 Å². The van der Waals surface area contributed by atoms with E-state index in [0.717, 1.165) is 64.2 Å². The Kier molecular flexibility index (Phi) is 17.6. The predicted molar refractivity (Wildman–Crippen MR) is 146 cm³/mol. The van der Waals surface area contributed by atoms with Gasteiger partial charge in [-0.15, -0.1) is 13.2 Å². The molecule has 196 valence electrons. The highest BCUT2D eigenvalue weighted by Gasteiger charge is 2.34. The van der Waals surface area contributed by atoms with Crippen molar-refractivity contribution in [1.29, 1.82) is 0 Å². The average molecular weight is 475 g/mol. The van der Waals surface area contributed by atoms with E-state index in [0.29, 0.717) is 12.8 Å². The van der Waals surface area contributed by atoms with E-state index in [4.69, 9.17) is 0 Å². The maximum absolute atomic E-state index is 12.9. The zero-order valence-electron chi connectivity index (χ0n) is 22.6. The molecule has 0 aliphatic heterocycles. The summed E-state index contributed by atoms with van der Waals surface area (Å²) in [6, 6.07) is 0.331. The molecule has 4 nitrogen and oxygen atoms in total. The maximum atomic E-state index is 12.9. The molecule has 2 unspecified atom stereocenters. The number of rotatable bonds is 20. The van der Waals surface area contributed by atoms with Crippen LogP contribution in [0.4, 0.5) is 0 Å². The van der Waals surface area contributed by atoms with E-state index >= 15 is 0 Å². The van der Waals surface area contributed by atoms with Gasteiger partial charge in [0.15, 0.2) is 0 Å². The summed E-state index contributed by atoms with van der Waals surface area (Å²) in [6.07, 6.45) is 26.0. The molecule has 2 amide bonds. The van der Waals surface area contributed by atoms with Crippen LogP contribution in [0.1, 0.15) is 128 Å². The normalized spacial score (nSPS) is 17.8. The summed E-state index contributed by atoms with van der Waals surface area (Å²) in [5.41, 5.74) is 0. The Morgan fingerprint density at radius 3 is 1.29 bits per heavy atom. The van der Waals surface area contributed by atoms with Crippen molar-refractivity contribution in [3.63, 3.8) is 0 Å². The van der Waals surface area contributed by atoms with Gasteiger partial charge in [0.05, 0.1) is 12.1 Å². The second-order valence-electron chi connectivity index (χ2n) is 10.3. The van der Waals surface area contributed by atoms with Crippen LogP contribution in [-0.4, -0.2) is 47.8 Å². The van der Waals surface area contributed by atoms with Crippen molar-refractivity contribution >= 4 is 11.8 Å². The number of unbranched alkanes of at least 4 members (excludes halogenated alkanes) is 12. The van der Waals surface area contributed by atoms with Crippen molar-refractivity contribution in [2.45, 2.75) is 141 Å². The fraction of sp³-hybridized carbons (Fsp3) is 0.800. The minimum Gasteiger partial charge on any atom is -0.341 e. The van der Waals surface area contributed by atoms with Crippen LogP contribution >= 0.6 is 0 Å². The zero-order chi connectivity index (χ0) is 25.0. The number of carbonyl (C=O) groups is 2. The summed E-state index contributed by atoms with van der Waals surface area (Å²) < 4.78 is 0. The Bertz CT molecular complexity index is 524. The summed E-state index contributed by atoms with van der Waals surface area (Å²) in [5, 5.41) is 0. The van der Waals surface area contributed by atoms with Crippen LogP contribution in [0.3, 0.4) is 0 Å². The number of hydrogen-bond donors (Lipinski definition) is 0. The number of hydrogen-bond acceptors (Lipinski definition) is 2. The summed E-state index contributed by atoms with van der Waals surface area (Å²) >= 11 is 0. The lowest BCUT2D eigenvalue weighted by Crippen LogP contribution is -2.54. The summed E-state index contributed by atoms with van der Waals surface area (Å²) in [4.78, 5) is 29.7. The van der Waals surface area contributed by atoms with Gasteiger partial charge in [-0.2, -0.15) is 0 Å². The number of allylic oxidation sites excluding steroid dienone is 2. The lowest BCUT2D eigenvalue weighted by molar-refractivity contribution is -0.140. The summed E-state index contributed by atoms with van der Waals surface area (Å²) in [7, 11) is 3.93. The lowest BCUT2D eigenvalue weighted by Gasteiger charge is -2.42. The van der Waals surface area contributed by atoms with Gasteiger partial charge in [-0.05, 0) is 51.4 Å². The molecular formula is C30H54N2O2. The lowest BCUT2D eigenvalue weighted by atomic mass is 9.88. The first-order valence-electron chi connectivity index (χ1n) is 14.3. The van der Waals surface area contributed by atoms with Gasteiger partial charge in [0.1, 0.15) is 0 Å². The van der Waals surface area contributed by atoms with Gasteiger partial charge in [-0.3, -0.25) is 9.59 Å². The third-order valence-corrected chi connectivity index (χ3v) is 7.57. The van der Waals surface area contributed by atoms with Crippen LogP contribution < -0.4 is 0 Å². The number of amides is 2. The van der Waals surface area contributed by atoms with Gasteiger partial charge in [0.2, 0.25) is 11.8 Å². The van der Waals surface area contributed by atoms with E-state index in [-0.39, 0.29) is 23.9 Å². The van der Waals surface area contributed by atoms with Crippen LogP contribution in [-0.2, 0) is 9.59 Å². The smallest absolute Gasteiger partial charge is 0.222 e. The minimum absolute atomic E-state index is 0.166. The molecule has 0 heterocycles. The van der Waals surface area contributed by atoms with Gasteiger partial charge in [0, 0.05) is 26.9 Å².